The normalized spacial score (nSPS) is 21.7. The van der Waals surface area contributed by atoms with Gasteiger partial charge in [0.1, 0.15) is 5.76 Å². The third kappa shape index (κ3) is 3.56. The summed E-state index contributed by atoms with van der Waals surface area (Å²) in [5, 5.41) is 8.48. The van der Waals surface area contributed by atoms with E-state index < -0.39 is 0 Å². The summed E-state index contributed by atoms with van der Waals surface area (Å²) in [5.41, 5.74) is 0.725. The van der Waals surface area contributed by atoms with Gasteiger partial charge in [0.15, 0.2) is 0 Å². The highest BCUT2D eigenvalue weighted by atomic mass is 32.1. The highest BCUT2D eigenvalue weighted by Gasteiger charge is 2.21. The highest BCUT2D eigenvalue weighted by molar-refractivity contribution is 7.13. The molecule has 1 amide bonds. The molecule has 5 nitrogen and oxygen atoms in total. The van der Waals surface area contributed by atoms with Gasteiger partial charge in [0.25, 0.3) is 0 Å². The van der Waals surface area contributed by atoms with Crippen molar-refractivity contribution in [3.63, 3.8) is 0 Å². The molecule has 118 valence electrons. The van der Waals surface area contributed by atoms with E-state index in [1.807, 2.05) is 24.4 Å². The Labute approximate surface area is 134 Å². The number of hydrogen-bond acceptors (Lipinski definition) is 5. The summed E-state index contributed by atoms with van der Waals surface area (Å²) in [6, 6.07) is 4.64. The summed E-state index contributed by atoms with van der Waals surface area (Å²) >= 11 is 1.58. The van der Waals surface area contributed by atoms with Gasteiger partial charge in [0.2, 0.25) is 11.8 Å². The van der Waals surface area contributed by atoms with Gasteiger partial charge in [-0.3, -0.25) is 4.79 Å². The van der Waals surface area contributed by atoms with Crippen LogP contribution in [0.2, 0.25) is 0 Å². The average molecular weight is 319 g/mol. The molecule has 0 aromatic carbocycles. The Kier molecular flexibility index (Phi) is 4.59. The fourth-order valence-electron chi connectivity index (χ4n) is 2.79. The Morgan fingerprint density at radius 2 is 2.45 bits per heavy atom. The lowest BCUT2D eigenvalue weighted by Gasteiger charge is -2.28. The van der Waals surface area contributed by atoms with Gasteiger partial charge in [0, 0.05) is 12.1 Å². The van der Waals surface area contributed by atoms with Crippen LogP contribution in [0.15, 0.2) is 21.9 Å². The molecule has 6 heteroatoms. The lowest BCUT2D eigenvalue weighted by Crippen LogP contribution is -2.47. The van der Waals surface area contributed by atoms with Crippen molar-refractivity contribution in [2.24, 2.45) is 0 Å². The lowest BCUT2D eigenvalue weighted by molar-refractivity contribution is -0.121. The van der Waals surface area contributed by atoms with Crippen LogP contribution in [0.4, 0.5) is 0 Å². The van der Waals surface area contributed by atoms with Gasteiger partial charge >= 0.3 is 0 Å². The SMILES string of the molecule is Cc1oc(-c2cccs2)nc1CC(=O)NC1CCNC(C)C1. The molecular weight excluding hydrogens is 298 g/mol. The van der Waals surface area contributed by atoms with Gasteiger partial charge in [-0.05, 0) is 44.7 Å². The van der Waals surface area contributed by atoms with Crippen LogP contribution in [0.25, 0.3) is 10.8 Å². The first-order chi connectivity index (χ1) is 10.6. The first-order valence-electron chi connectivity index (χ1n) is 7.64. The number of piperidine rings is 1. The minimum absolute atomic E-state index is 0.0215. The Morgan fingerprint density at radius 3 is 3.18 bits per heavy atom. The molecular formula is C16H21N3O2S. The van der Waals surface area contributed by atoms with Crippen molar-refractivity contribution < 1.29 is 9.21 Å². The minimum atomic E-state index is 0.0215. The molecule has 3 heterocycles. The van der Waals surface area contributed by atoms with Crippen molar-refractivity contribution in [1.29, 1.82) is 0 Å². The molecule has 1 aliphatic rings. The number of oxazole rings is 1. The predicted molar refractivity (Wildman–Crippen MR) is 86.9 cm³/mol. The van der Waals surface area contributed by atoms with E-state index in [1.54, 1.807) is 11.3 Å². The summed E-state index contributed by atoms with van der Waals surface area (Å²) in [6.07, 6.45) is 2.23. The average Bonchev–Trinajstić information content (AvgIpc) is 3.09. The highest BCUT2D eigenvalue weighted by Crippen LogP contribution is 2.26. The monoisotopic (exact) mass is 319 g/mol. The second kappa shape index (κ2) is 6.62. The van der Waals surface area contributed by atoms with E-state index in [2.05, 4.69) is 22.5 Å². The first kappa shape index (κ1) is 15.2. The van der Waals surface area contributed by atoms with Crippen molar-refractivity contribution in [2.45, 2.75) is 45.2 Å². The quantitative estimate of drug-likeness (QED) is 0.909. The second-order valence-electron chi connectivity index (χ2n) is 5.82. The minimum Gasteiger partial charge on any atom is -0.440 e. The van der Waals surface area contributed by atoms with Gasteiger partial charge in [-0.1, -0.05) is 6.07 Å². The van der Waals surface area contributed by atoms with Crippen LogP contribution in [0.3, 0.4) is 0 Å². The number of hydrogen-bond donors (Lipinski definition) is 2. The van der Waals surface area contributed by atoms with Crippen LogP contribution in [0.1, 0.15) is 31.2 Å². The molecule has 1 aliphatic heterocycles. The number of thiophene rings is 1. The van der Waals surface area contributed by atoms with E-state index in [4.69, 9.17) is 4.42 Å². The number of nitrogens with zero attached hydrogens (tertiary/aromatic N) is 1. The van der Waals surface area contributed by atoms with Crippen LogP contribution in [0.5, 0.6) is 0 Å². The summed E-state index contributed by atoms with van der Waals surface area (Å²) in [4.78, 5) is 17.7. The van der Waals surface area contributed by atoms with Crippen molar-refractivity contribution in [2.75, 3.05) is 6.54 Å². The summed E-state index contributed by atoms with van der Waals surface area (Å²) in [5.74, 6) is 1.34. The summed E-state index contributed by atoms with van der Waals surface area (Å²) < 4.78 is 5.68. The molecule has 0 bridgehead atoms. The fraction of sp³-hybridized carbons (Fsp3) is 0.500. The van der Waals surface area contributed by atoms with Crippen molar-refractivity contribution >= 4 is 17.2 Å². The molecule has 2 atom stereocenters. The van der Waals surface area contributed by atoms with Crippen LogP contribution in [-0.4, -0.2) is 29.5 Å². The smallest absolute Gasteiger partial charge is 0.236 e. The van der Waals surface area contributed by atoms with Crippen molar-refractivity contribution in [1.82, 2.24) is 15.6 Å². The zero-order chi connectivity index (χ0) is 15.5. The second-order valence-corrected chi connectivity index (χ2v) is 6.77. The topological polar surface area (TPSA) is 67.2 Å². The maximum absolute atomic E-state index is 12.2. The number of amides is 1. The maximum Gasteiger partial charge on any atom is 0.236 e. The molecule has 0 spiro atoms. The van der Waals surface area contributed by atoms with Gasteiger partial charge < -0.3 is 15.1 Å². The molecule has 2 aromatic rings. The molecule has 22 heavy (non-hydrogen) atoms. The third-order valence-corrected chi connectivity index (χ3v) is 4.80. The van der Waals surface area contributed by atoms with Crippen LogP contribution in [0, 0.1) is 6.92 Å². The zero-order valence-electron chi connectivity index (χ0n) is 12.9. The van der Waals surface area contributed by atoms with Crippen molar-refractivity contribution in [3.05, 3.63) is 29.0 Å². The molecule has 0 saturated carbocycles. The van der Waals surface area contributed by atoms with Crippen molar-refractivity contribution in [3.8, 4) is 10.8 Å². The molecule has 0 radical (unpaired) electrons. The number of aromatic nitrogens is 1. The Balaban J connectivity index is 1.62. The number of nitrogens with one attached hydrogen (secondary N) is 2. The number of rotatable bonds is 4. The van der Waals surface area contributed by atoms with E-state index in [-0.39, 0.29) is 18.4 Å². The molecule has 2 unspecified atom stereocenters. The number of carbonyl (C=O) groups excluding carboxylic acids is 1. The van der Waals surface area contributed by atoms with Gasteiger partial charge in [-0.15, -0.1) is 11.3 Å². The van der Waals surface area contributed by atoms with E-state index >= 15 is 0 Å². The molecule has 1 saturated heterocycles. The largest absolute Gasteiger partial charge is 0.440 e. The molecule has 1 fully saturated rings. The van der Waals surface area contributed by atoms with Gasteiger partial charge in [0.05, 0.1) is 17.0 Å². The molecule has 2 N–H and O–H groups in total. The predicted octanol–water partition coefficient (Wildman–Crippen LogP) is 2.51. The third-order valence-electron chi connectivity index (χ3n) is 3.94. The zero-order valence-corrected chi connectivity index (χ0v) is 13.7. The molecule has 3 rings (SSSR count). The van der Waals surface area contributed by atoms with E-state index in [1.165, 1.54) is 0 Å². The van der Waals surface area contributed by atoms with Crippen LogP contribution in [-0.2, 0) is 11.2 Å². The Hall–Kier alpha value is -1.66. The first-order valence-corrected chi connectivity index (χ1v) is 8.52. The Morgan fingerprint density at radius 1 is 1.59 bits per heavy atom. The Bertz CT molecular complexity index is 636. The fourth-order valence-corrected chi connectivity index (χ4v) is 3.44. The van der Waals surface area contributed by atoms with Crippen LogP contribution < -0.4 is 10.6 Å². The summed E-state index contributed by atoms with van der Waals surface area (Å²) in [7, 11) is 0. The number of aryl methyl sites for hydroxylation is 1. The van der Waals surface area contributed by atoms with Gasteiger partial charge in [-0.2, -0.15) is 0 Å². The summed E-state index contributed by atoms with van der Waals surface area (Å²) in [6.45, 7) is 4.96. The standard InChI is InChI=1S/C16H21N3O2S/c1-10-8-12(5-6-17-10)18-15(20)9-13-11(2)21-16(19-13)14-4-3-7-22-14/h3-4,7,10,12,17H,5-6,8-9H2,1-2H3,(H,18,20). The van der Waals surface area contributed by atoms with Crippen LogP contribution >= 0.6 is 11.3 Å². The molecule has 0 aliphatic carbocycles. The van der Waals surface area contributed by atoms with E-state index in [9.17, 15) is 4.79 Å². The van der Waals surface area contributed by atoms with Gasteiger partial charge in [-0.25, -0.2) is 4.98 Å². The maximum atomic E-state index is 12.2. The lowest BCUT2D eigenvalue weighted by atomic mass is 10.0. The van der Waals surface area contributed by atoms with E-state index in [0.717, 1.165) is 35.7 Å². The number of carbonyl (C=O) groups is 1. The van der Waals surface area contributed by atoms with E-state index in [0.29, 0.717) is 11.9 Å². The molecule has 2 aromatic heterocycles.